The van der Waals surface area contributed by atoms with E-state index in [4.69, 9.17) is 0 Å². The lowest BCUT2D eigenvalue weighted by molar-refractivity contribution is -0.130. The lowest BCUT2D eigenvalue weighted by atomic mass is 10.2. The van der Waals surface area contributed by atoms with Crippen LogP contribution in [0.5, 0.6) is 0 Å². The second-order valence-corrected chi connectivity index (χ2v) is 5.39. The molecule has 0 fully saturated rings. The van der Waals surface area contributed by atoms with Gasteiger partial charge in [0.05, 0.1) is 6.54 Å². The third-order valence-electron chi connectivity index (χ3n) is 3.03. The maximum atomic E-state index is 12.0. The number of benzene rings is 1. The number of hydrogen-bond acceptors (Lipinski definition) is 4. The van der Waals surface area contributed by atoms with Crippen molar-refractivity contribution in [2.75, 3.05) is 13.3 Å². The molecule has 1 heterocycles. The molecule has 0 aliphatic heterocycles. The van der Waals surface area contributed by atoms with Gasteiger partial charge in [-0.05, 0) is 24.0 Å². The molecule has 0 radical (unpaired) electrons. The zero-order valence-corrected chi connectivity index (χ0v) is 12.5. The van der Waals surface area contributed by atoms with E-state index in [-0.39, 0.29) is 5.91 Å². The van der Waals surface area contributed by atoms with Gasteiger partial charge in [-0.3, -0.25) is 9.48 Å². The van der Waals surface area contributed by atoms with E-state index in [2.05, 4.69) is 40.6 Å². The minimum atomic E-state index is 0.106. The van der Waals surface area contributed by atoms with Gasteiger partial charge in [0.1, 0.15) is 12.7 Å². The molecule has 1 aromatic carbocycles. The molecular formula is C14H18N4OS. The zero-order valence-electron chi connectivity index (χ0n) is 11.7. The van der Waals surface area contributed by atoms with E-state index in [0.29, 0.717) is 19.5 Å². The van der Waals surface area contributed by atoms with Crippen molar-refractivity contribution in [3.8, 4) is 0 Å². The van der Waals surface area contributed by atoms with Crippen molar-refractivity contribution in [1.29, 1.82) is 0 Å². The molecule has 0 spiro atoms. The predicted octanol–water partition coefficient (Wildman–Crippen LogP) is 2.05. The third-order valence-corrected chi connectivity index (χ3v) is 3.77. The highest BCUT2D eigenvalue weighted by molar-refractivity contribution is 7.98. The molecule has 0 N–H and O–H groups in total. The summed E-state index contributed by atoms with van der Waals surface area (Å²) in [5, 5.41) is 3.98. The highest BCUT2D eigenvalue weighted by atomic mass is 32.2. The minimum Gasteiger partial charge on any atom is -0.341 e. The first kappa shape index (κ1) is 14.6. The van der Waals surface area contributed by atoms with Crippen LogP contribution in [0.4, 0.5) is 0 Å². The summed E-state index contributed by atoms with van der Waals surface area (Å²) in [6.07, 6.45) is 5.58. The number of carbonyl (C=O) groups excluding carboxylic acids is 1. The van der Waals surface area contributed by atoms with Gasteiger partial charge in [-0.1, -0.05) is 12.1 Å². The van der Waals surface area contributed by atoms with Crippen LogP contribution in [0.3, 0.4) is 0 Å². The number of hydrogen-bond donors (Lipinski definition) is 0. The second kappa shape index (κ2) is 7.09. The van der Waals surface area contributed by atoms with E-state index in [1.807, 2.05) is 7.05 Å². The van der Waals surface area contributed by atoms with Gasteiger partial charge in [0.15, 0.2) is 0 Å². The van der Waals surface area contributed by atoms with Gasteiger partial charge in [0, 0.05) is 24.9 Å². The summed E-state index contributed by atoms with van der Waals surface area (Å²) >= 11 is 1.71. The number of amides is 1. The van der Waals surface area contributed by atoms with Crippen LogP contribution in [0, 0.1) is 0 Å². The molecule has 0 bridgehead atoms. The van der Waals surface area contributed by atoms with E-state index >= 15 is 0 Å². The Morgan fingerprint density at radius 2 is 2.10 bits per heavy atom. The fraction of sp³-hybridized carbons (Fsp3) is 0.357. The number of aromatic nitrogens is 3. The molecule has 106 valence electrons. The Morgan fingerprint density at radius 3 is 2.70 bits per heavy atom. The molecule has 1 aromatic heterocycles. The average Bonchev–Trinajstić information content (AvgIpc) is 2.98. The van der Waals surface area contributed by atoms with Crippen molar-refractivity contribution in [3.05, 3.63) is 42.5 Å². The molecule has 0 atom stereocenters. The van der Waals surface area contributed by atoms with Gasteiger partial charge in [-0.15, -0.1) is 11.8 Å². The van der Waals surface area contributed by atoms with E-state index in [9.17, 15) is 4.79 Å². The fourth-order valence-electron chi connectivity index (χ4n) is 1.84. The van der Waals surface area contributed by atoms with Crippen LogP contribution in [0.15, 0.2) is 41.8 Å². The van der Waals surface area contributed by atoms with Crippen molar-refractivity contribution in [1.82, 2.24) is 19.7 Å². The van der Waals surface area contributed by atoms with Crippen molar-refractivity contribution in [2.45, 2.75) is 24.4 Å². The first-order valence-corrected chi connectivity index (χ1v) is 7.61. The lowest BCUT2D eigenvalue weighted by Crippen LogP contribution is -2.27. The van der Waals surface area contributed by atoms with Crippen LogP contribution in [0.25, 0.3) is 0 Å². The zero-order chi connectivity index (χ0) is 14.4. The quantitative estimate of drug-likeness (QED) is 0.764. The Morgan fingerprint density at radius 1 is 1.35 bits per heavy atom. The number of aryl methyl sites for hydroxylation is 1. The van der Waals surface area contributed by atoms with Gasteiger partial charge in [-0.25, -0.2) is 4.98 Å². The highest BCUT2D eigenvalue weighted by Gasteiger charge is 2.09. The Bertz CT molecular complexity index is 539. The largest absolute Gasteiger partial charge is 0.341 e. The molecule has 1 amide bonds. The topological polar surface area (TPSA) is 51.0 Å². The number of carbonyl (C=O) groups is 1. The van der Waals surface area contributed by atoms with Crippen LogP contribution >= 0.6 is 11.8 Å². The average molecular weight is 290 g/mol. The summed E-state index contributed by atoms with van der Waals surface area (Å²) in [6.45, 7) is 1.19. The monoisotopic (exact) mass is 290 g/mol. The van der Waals surface area contributed by atoms with Crippen LogP contribution in [-0.4, -0.2) is 38.9 Å². The summed E-state index contributed by atoms with van der Waals surface area (Å²) in [7, 11) is 1.83. The lowest BCUT2D eigenvalue weighted by Gasteiger charge is -2.17. The molecule has 2 rings (SSSR count). The Labute approximate surface area is 123 Å². The second-order valence-electron chi connectivity index (χ2n) is 4.51. The Balaban J connectivity index is 1.83. The van der Waals surface area contributed by atoms with Crippen LogP contribution in [0.1, 0.15) is 12.0 Å². The molecule has 0 unspecified atom stereocenters. The summed E-state index contributed by atoms with van der Waals surface area (Å²) in [5.74, 6) is 0.106. The molecule has 20 heavy (non-hydrogen) atoms. The van der Waals surface area contributed by atoms with Crippen molar-refractivity contribution in [2.24, 2.45) is 0 Å². The Hall–Kier alpha value is -1.82. The van der Waals surface area contributed by atoms with Crippen molar-refractivity contribution >= 4 is 17.7 Å². The van der Waals surface area contributed by atoms with Gasteiger partial charge in [0.2, 0.25) is 5.91 Å². The van der Waals surface area contributed by atoms with E-state index in [1.54, 1.807) is 27.7 Å². The van der Waals surface area contributed by atoms with Crippen LogP contribution in [-0.2, 0) is 17.9 Å². The van der Waals surface area contributed by atoms with Crippen LogP contribution in [0.2, 0.25) is 0 Å². The molecule has 6 heteroatoms. The number of nitrogens with zero attached hydrogens (tertiary/aromatic N) is 4. The van der Waals surface area contributed by atoms with Crippen LogP contribution < -0.4 is 0 Å². The van der Waals surface area contributed by atoms with Gasteiger partial charge in [-0.2, -0.15) is 5.10 Å². The van der Waals surface area contributed by atoms with Gasteiger partial charge < -0.3 is 4.90 Å². The summed E-state index contributed by atoms with van der Waals surface area (Å²) in [5.41, 5.74) is 1.14. The number of rotatable bonds is 6. The molecule has 0 saturated heterocycles. The van der Waals surface area contributed by atoms with Gasteiger partial charge in [0.25, 0.3) is 0 Å². The molecule has 0 aliphatic rings. The third kappa shape index (κ3) is 4.09. The van der Waals surface area contributed by atoms with E-state index < -0.39 is 0 Å². The fourth-order valence-corrected chi connectivity index (χ4v) is 2.25. The predicted molar refractivity (Wildman–Crippen MR) is 79.3 cm³/mol. The minimum absolute atomic E-state index is 0.106. The molecular weight excluding hydrogens is 272 g/mol. The van der Waals surface area contributed by atoms with E-state index in [0.717, 1.165) is 5.56 Å². The molecule has 5 nitrogen and oxygen atoms in total. The number of thioether (sulfide) groups is 1. The summed E-state index contributed by atoms with van der Waals surface area (Å²) in [6, 6.07) is 8.28. The first-order chi connectivity index (χ1) is 9.69. The Kier molecular flexibility index (Phi) is 5.17. The highest BCUT2D eigenvalue weighted by Crippen LogP contribution is 2.15. The maximum absolute atomic E-state index is 12.0. The molecule has 2 aromatic rings. The van der Waals surface area contributed by atoms with Crippen molar-refractivity contribution in [3.63, 3.8) is 0 Å². The summed E-state index contributed by atoms with van der Waals surface area (Å²) < 4.78 is 1.67. The van der Waals surface area contributed by atoms with E-state index in [1.165, 1.54) is 11.2 Å². The normalized spacial score (nSPS) is 10.5. The SMILES string of the molecule is CSc1ccc(CN(C)C(=O)CCn2cncn2)cc1. The first-order valence-electron chi connectivity index (χ1n) is 6.38. The van der Waals surface area contributed by atoms with Gasteiger partial charge >= 0.3 is 0 Å². The molecule has 0 saturated carbocycles. The van der Waals surface area contributed by atoms with Crippen molar-refractivity contribution < 1.29 is 4.79 Å². The maximum Gasteiger partial charge on any atom is 0.224 e. The smallest absolute Gasteiger partial charge is 0.224 e. The standard InChI is InChI=1S/C14H18N4OS/c1-17(9-12-3-5-13(20-2)6-4-12)14(19)7-8-18-11-15-10-16-18/h3-6,10-11H,7-9H2,1-2H3. The molecule has 0 aliphatic carbocycles. The summed E-state index contributed by atoms with van der Waals surface area (Å²) in [4.78, 5) is 18.9.